The van der Waals surface area contributed by atoms with Gasteiger partial charge in [0.1, 0.15) is 0 Å². The Labute approximate surface area is 135 Å². The summed E-state index contributed by atoms with van der Waals surface area (Å²) in [6, 6.07) is 5.56. The van der Waals surface area contributed by atoms with E-state index in [1.807, 2.05) is 19.1 Å². The second-order valence-corrected chi connectivity index (χ2v) is 6.40. The summed E-state index contributed by atoms with van der Waals surface area (Å²) in [5, 5.41) is 0.649. The van der Waals surface area contributed by atoms with Gasteiger partial charge in [-0.25, -0.2) is 0 Å². The fourth-order valence-electron chi connectivity index (χ4n) is 2.63. The van der Waals surface area contributed by atoms with Gasteiger partial charge in [0.15, 0.2) is 5.78 Å². The molecule has 1 nitrogen and oxygen atoms in total. The number of ketones is 1. The van der Waals surface area contributed by atoms with Gasteiger partial charge in [-0.1, -0.05) is 76.0 Å². The van der Waals surface area contributed by atoms with E-state index in [2.05, 4.69) is 6.92 Å². The lowest BCUT2D eigenvalue weighted by Crippen LogP contribution is -2.01. The molecule has 0 fully saturated rings. The van der Waals surface area contributed by atoms with Crippen molar-refractivity contribution >= 4 is 17.4 Å². The van der Waals surface area contributed by atoms with Crippen molar-refractivity contribution in [2.24, 2.45) is 0 Å². The van der Waals surface area contributed by atoms with Crippen LogP contribution in [0.3, 0.4) is 0 Å². The van der Waals surface area contributed by atoms with Crippen LogP contribution in [-0.2, 0) is 0 Å². The molecule has 0 heterocycles. The fraction of sp³-hybridized carbons (Fsp3) is 0.632. The Kier molecular flexibility index (Phi) is 9.41. The molecule has 1 aromatic rings. The number of benzene rings is 1. The van der Waals surface area contributed by atoms with Gasteiger partial charge in [-0.15, -0.1) is 0 Å². The molecule has 0 N–H and O–H groups in total. The SMILES string of the molecule is CCCCCCCCCCCC(=O)c1cc(Cl)ccc1C. The molecule has 118 valence electrons. The van der Waals surface area contributed by atoms with Crippen LogP contribution in [0.4, 0.5) is 0 Å². The molecule has 0 saturated heterocycles. The van der Waals surface area contributed by atoms with E-state index in [0.717, 1.165) is 17.5 Å². The first-order chi connectivity index (χ1) is 10.1. The average molecular weight is 309 g/mol. The molecule has 0 aliphatic rings. The zero-order chi connectivity index (χ0) is 15.5. The van der Waals surface area contributed by atoms with Crippen LogP contribution >= 0.6 is 11.6 Å². The summed E-state index contributed by atoms with van der Waals surface area (Å²) in [6.45, 7) is 4.22. The third-order valence-electron chi connectivity index (χ3n) is 4.01. The molecular formula is C19H29ClO. The van der Waals surface area contributed by atoms with E-state index in [0.29, 0.717) is 11.4 Å². The van der Waals surface area contributed by atoms with Crippen molar-refractivity contribution in [3.05, 3.63) is 34.3 Å². The molecule has 1 aromatic carbocycles. The predicted molar refractivity (Wildman–Crippen MR) is 92.4 cm³/mol. The Hall–Kier alpha value is -0.820. The Morgan fingerprint density at radius 1 is 0.952 bits per heavy atom. The number of Topliss-reactive ketones (excluding diaryl/α,β-unsaturated/α-hetero) is 1. The van der Waals surface area contributed by atoms with E-state index in [4.69, 9.17) is 11.6 Å². The normalized spacial score (nSPS) is 10.8. The van der Waals surface area contributed by atoms with E-state index in [1.165, 1.54) is 51.4 Å². The number of carbonyl (C=O) groups is 1. The van der Waals surface area contributed by atoms with E-state index < -0.39 is 0 Å². The van der Waals surface area contributed by atoms with Gasteiger partial charge in [-0.05, 0) is 31.0 Å². The smallest absolute Gasteiger partial charge is 0.163 e. The Morgan fingerprint density at radius 2 is 1.52 bits per heavy atom. The lowest BCUT2D eigenvalue weighted by molar-refractivity contribution is 0.0978. The fourth-order valence-corrected chi connectivity index (χ4v) is 2.80. The van der Waals surface area contributed by atoms with E-state index in [-0.39, 0.29) is 5.78 Å². The highest BCUT2D eigenvalue weighted by atomic mass is 35.5. The standard InChI is InChI=1S/C19H29ClO/c1-3-4-5-6-7-8-9-10-11-12-19(21)18-15-17(20)14-13-16(18)2/h13-15H,3-12H2,1-2H3. The van der Waals surface area contributed by atoms with Crippen molar-refractivity contribution in [1.29, 1.82) is 0 Å². The van der Waals surface area contributed by atoms with Gasteiger partial charge < -0.3 is 0 Å². The lowest BCUT2D eigenvalue weighted by atomic mass is 9.99. The minimum Gasteiger partial charge on any atom is -0.294 e. The number of carbonyl (C=O) groups excluding carboxylic acids is 1. The van der Waals surface area contributed by atoms with Crippen molar-refractivity contribution in [1.82, 2.24) is 0 Å². The maximum Gasteiger partial charge on any atom is 0.163 e. The van der Waals surface area contributed by atoms with Crippen LogP contribution in [0, 0.1) is 6.92 Å². The van der Waals surface area contributed by atoms with Crippen molar-refractivity contribution < 1.29 is 4.79 Å². The number of halogens is 1. The molecule has 0 aliphatic heterocycles. The largest absolute Gasteiger partial charge is 0.294 e. The van der Waals surface area contributed by atoms with Crippen molar-refractivity contribution in [2.45, 2.75) is 78.1 Å². The van der Waals surface area contributed by atoms with Gasteiger partial charge in [-0.2, -0.15) is 0 Å². The highest BCUT2D eigenvalue weighted by Crippen LogP contribution is 2.18. The summed E-state index contributed by atoms with van der Waals surface area (Å²) < 4.78 is 0. The van der Waals surface area contributed by atoms with Crippen LogP contribution in [0.15, 0.2) is 18.2 Å². The van der Waals surface area contributed by atoms with Crippen molar-refractivity contribution in [3.63, 3.8) is 0 Å². The third-order valence-corrected chi connectivity index (χ3v) is 4.24. The number of hydrogen-bond donors (Lipinski definition) is 0. The molecular weight excluding hydrogens is 280 g/mol. The van der Waals surface area contributed by atoms with Crippen LogP contribution in [0.2, 0.25) is 5.02 Å². The molecule has 0 spiro atoms. The summed E-state index contributed by atoms with van der Waals surface area (Å²) in [4.78, 5) is 12.2. The van der Waals surface area contributed by atoms with Crippen LogP contribution < -0.4 is 0 Å². The van der Waals surface area contributed by atoms with Crippen molar-refractivity contribution in [3.8, 4) is 0 Å². The Morgan fingerprint density at radius 3 is 2.14 bits per heavy atom. The zero-order valence-corrected chi connectivity index (χ0v) is 14.3. The first kappa shape index (κ1) is 18.2. The van der Waals surface area contributed by atoms with Gasteiger partial charge in [-0.3, -0.25) is 4.79 Å². The van der Waals surface area contributed by atoms with Crippen LogP contribution in [-0.4, -0.2) is 5.78 Å². The van der Waals surface area contributed by atoms with E-state index >= 15 is 0 Å². The first-order valence-electron chi connectivity index (χ1n) is 8.44. The molecule has 0 radical (unpaired) electrons. The topological polar surface area (TPSA) is 17.1 Å². The minimum atomic E-state index is 0.234. The summed E-state index contributed by atoms with van der Waals surface area (Å²) in [5.41, 5.74) is 1.82. The Bertz CT molecular complexity index is 426. The highest BCUT2D eigenvalue weighted by Gasteiger charge is 2.09. The quantitative estimate of drug-likeness (QED) is 0.326. The Balaban J connectivity index is 2.12. The van der Waals surface area contributed by atoms with E-state index in [1.54, 1.807) is 6.07 Å². The second kappa shape index (κ2) is 10.8. The third kappa shape index (κ3) is 7.66. The van der Waals surface area contributed by atoms with Crippen LogP contribution in [0.25, 0.3) is 0 Å². The molecule has 0 bridgehead atoms. The molecule has 2 heteroatoms. The summed E-state index contributed by atoms with van der Waals surface area (Å²) in [6.07, 6.45) is 12.2. The summed E-state index contributed by atoms with van der Waals surface area (Å²) >= 11 is 5.96. The molecule has 0 saturated carbocycles. The minimum absolute atomic E-state index is 0.234. The second-order valence-electron chi connectivity index (χ2n) is 5.96. The van der Waals surface area contributed by atoms with Gasteiger partial charge in [0.2, 0.25) is 0 Å². The number of rotatable bonds is 11. The number of hydrogen-bond acceptors (Lipinski definition) is 1. The average Bonchev–Trinajstić information content (AvgIpc) is 2.48. The van der Waals surface area contributed by atoms with Gasteiger partial charge in [0.05, 0.1) is 0 Å². The lowest BCUT2D eigenvalue weighted by Gasteiger charge is -2.06. The first-order valence-corrected chi connectivity index (χ1v) is 8.82. The summed E-state index contributed by atoms with van der Waals surface area (Å²) in [5.74, 6) is 0.234. The summed E-state index contributed by atoms with van der Waals surface area (Å²) in [7, 11) is 0. The predicted octanol–water partition coefficient (Wildman–Crippen LogP) is 6.75. The zero-order valence-electron chi connectivity index (χ0n) is 13.6. The molecule has 0 amide bonds. The molecule has 21 heavy (non-hydrogen) atoms. The maximum atomic E-state index is 12.2. The maximum absolute atomic E-state index is 12.2. The molecule has 1 rings (SSSR count). The monoisotopic (exact) mass is 308 g/mol. The van der Waals surface area contributed by atoms with Crippen molar-refractivity contribution in [2.75, 3.05) is 0 Å². The molecule has 0 atom stereocenters. The van der Waals surface area contributed by atoms with Gasteiger partial charge in [0.25, 0.3) is 0 Å². The van der Waals surface area contributed by atoms with Gasteiger partial charge >= 0.3 is 0 Å². The number of aryl methyl sites for hydroxylation is 1. The van der Waals surface area contributed by atoms with Crippen LogP contribution in [0.1, 0.15) is 87.1 Å². The van der Waals surface area contributed by atoms with Crippen LogP contribution in [0.5, 0.6) is 0 Å². The molecule has 0 aromatic heterocycles. The van der Waals surface area contributed by atoms with E-state index in [9.17, 15) is 4.79 Å². The molecule has 0 unspecified atom stereocenters. The van der Waals surface area contributed by atoms with Gasteiger partial charge in [0, 0.05) is 17.0 Å². The highest BCUT2D eigenvalue weighted by molar-refractivity contribution is 6.31. The molecule has 0 aliphatic carbocycles. The number of unbranched alkanes of at least 4 members (excludes halogenated alkanes) is 8.